The molecule has 2 heterocycles. The van der Waals surface area contributed by atoms with Crippen LogP contribution in [0.5, 0.6) is 0 Å². The highest BCUT2D eigenvalue weighted by Gasteiger charge is 2.11. The molecule has 1 aliphatic rings. The molecule has 0 radical (unpaired) electrons. The van der Waals surface area contributed by atoms with Gasteiger partial charge in [-0.15, -0.1) is 0 Å². The lowest BCUT2D eigenvalue weighted by molar-refractivity contribution is 0.386. The number of nitrogens with one attached hydrogen (secondary N) is 2. The predicted molar refractivity (Wildman–Crippen MR) is 57.0 cm³/mol. The topological polar surface area (TPSA) is 37.0 Å². The molecule has 1 fully saturated rings. The Morgan fingerprint density at radius 3 is 3.00 bits per heavy atom. The van der Waals surface area contributed by atoms with E-state index < -0.39 is 0 Å². The van der Waals surface area contributed by atoms with Crippen LogP contribution < -0.4 is 10.6 Å². The van der Waals surface area contributed by atoms with E-state index in [0.717, 1.165) is 19.6 Å². The lowest BCUT2D eigenvalue weighted by Crippen LogP contribution is -2.39. The zero-order valence-electron chi connectivity index (χ0n) is 8.37. The van der Waals surface area contributed by atoms with Crippen molar-refractivity contribution in [3.63, 3.8) is 0 Å². The van der Waals surface area contributed by atoms with Gasteiger partial charge in [-0.25, -0.2) is 0 Å². The first-order valence-electron chi connectivity index (χ1n) is 5.28. The van der Waals surface area contributed by atoms with Gasteiger partial charge in [0.2, 0.25) is 0 Å². The Bertz CT molecular complexity index is 254. The molecule has 0 atom stereocenters. The van der Waals surface area contributed by atoms with Crippen LogP contribution in [0, 0.1) is 0 Å². The summed E-state index contributed by atoms with van der Waals surface area (Å²) in [7, 11) is 0. The van der Waals surface area contributed by atoms with E-state index in [0.29, 0.717) is 6.04 Å². The van der Waals surface area contributed by atoms with Crippen LogP contribution in [0.15, 0.2) is 24.5 Å². The smallest absolute Gasteiger partial charge is 0.0312 e. The Balaban J connectivity index is 1.76. The van der Waals surface area contributed by atoms with Crippen molar-refractivity contribution in [1.29, 1.82) is 0 Å². The molecule has 1 saturated heterocycles. The van der Waals surface area contributed by atoms with Crippen molar-refractivity contribution in [2.75, 3.05) is 13.1 Å². The molecule has 0 spiro atoms. The Labute approximate surface area is 84.9 Å². The first-order chi connectivity index (χ1) is 6.95. The maximum absolute atomic E-state index is 4.10. The summed E-state index contributed by atoms with van der Waals surface area (Å²) in [5, 5.41) is 6.92. The van der Waals surface area contributed by atoms with Crippen molar-refractivity contribution >= 4 is 0 Å². The average molecular weight is 191 g/mol. The molecule has 1 aromatic rings. The second-order valence-electron chi connectivity index (χ2n) is 3.77. The van der Waals surface area contributed by atoms with Crippen LogP contribution in [0.3, 0.4) is 0 Å². The van der Waals surface area contributed by atoms with E-state index in [1.54, 1.807) is 0 Å². The van der Waals surface area contributed by atoms with Gasteiger partial charge in [-0.05, 0) is 37.6 Å². The number of hydrogen-bond acceptors (Lipinski definition) is 3. The number of piperidine rings is 1. The van der Waals surface area contributed by atoms with Gasteiger partial charge >= 0.3 is 0 Å². The largest absolute Gasteiger partial charge is 0.317 e. The van der Waals surface area contributed by atoms with Crippen LogP contribution in [0.2, 0.25) is 0 Å². The zero-order valence-corrected chi connectivity index (χ0v) is 8.37. The van der Waals surface area contributed by atoms with E-state index in [1.165, 1.54) is 18.4 Å². The minimum atomic E-state index is 0.677. The van der Waals surface area contributed by atoms with Gasteiger partial charge in [-0.1, -0.05) is 6.07 Å². The molecule has 14 heavy (non-hydrogen) atoms. The molecule has 0 aliphatic carbocycles. The Morgan fingerprint density at radius 1 is 1.43 bits per heavy atom. The minimum absolute atomic E-state index is 0.677. The first kappa shape index (κ1) is 9.62. The maximum atomic E-state index is 4.10. The van der Waals surface area contributed by atoms with Gasteiger partial charge in [0, 0.05) is 25.0 Å². The second kappa shape index (κ2) is 5.08. The quantitative estimate of drug-likeness (QED) is 0.746. The van der Waals surface area contributed by atoms with Crippen molar-refractivity contribution in [2.45, 2.75) is 25.4 Å². The van der Waals surface area contributed by atoms with Gasteiger partial charge in [0.1, 0.15) is 0 Å². The second-order valence-corrected chi connectivity index (χ2v) is 3.77. The van der Waals surface area contributed by atoms with Gasteiger partial charge in [0.05, 0.1) is 0 Å². The van der Waals surface area contributed by atoms with Crippen LogP contribution in [0.25, 0.3) is 0 Å². The van der Waals surface area contributed by atoms with Crippen molar-refractivity contribution in [1.82, 2.24) is 15.6 Å². The van der Waals surface area contributed by atoms with Gasteiger partial charge in [0.25, 0.3) is 0 Å². The molecule has 0 amide bonds. The van der Waals surface area contributed by atoms with E-state index in [1.807, 2.05) is 18.5 Å². The Hall–Kier alpha value is -0.930. The Morgan fingerprint density at radius 2 is 2.29 bits per heavy atom. The van der Waals surface area contributed by atoms with Crippen LogP contribution in [-0.4, -0.2) is 24.1 Å². The number of hydrogen-bond donors (Lipinski definition) is 2. The van der Waals surface area contributed by atoms with Crippen molar-refractivity contribution in [2.24, 2.45) is 0 Å². The summed E-state index contributed by atoms with van der Waals surface area (Å²) in [5.74, 6) is 0. The Kier molecular flexibility index (Phi) is 3.49. The number of pyridine rings is 1. The molecule has 1 aromatic heterocycles. The molecule has 2 rings (SSSR count). The standard InChI is InChI=1S/C11H17N3/c1-2-10(8-13-5-1)9-14-11-3-6-12-7-4-11/h1-2,5,8,11-12,14H,3-4,6-7,9H2. The number of aromatic nitrogens is 1. The van der Waals surface area contributed by atoms with Gasteiger partial charge in [0.15, 0.2) is 0 Å². The monoisotopic (exact) mass is 191 g/mol. The summed E-state index contributed by atoms with van der Waals surface area (Å²) in [4.78, 5) is 4.10. The predicted octanol–water partition coefficient (Wildman–Crippen LogP) is 0.923. The fourth-order valence-electron chi connectivity index (χ4n) is 1.79. The minimum Gasteiger partial charge on any atom is -0.317 e. The molecule has 0 saturated carbocycles. The van der Waals surface area contributed by atoms with E-state index in [2.05, 4.69) is 21.7 Å². The molecule has 1 aliphatic heterocycles. The highest BCUT2D eigenvalue weighted by Crippen LogP contribution is 2.03. The number of nitrogens with zero attached hydrogens (tertiary/aromatic N) is 1. The van der Waals surface area contributed by atoms with Gasteiger partial charge in [-0.2, -0.15) is 0 Å². The van der Waals surface area contributed by atoms with E-state index in [-0.39, 0.29) is 0 Å². The summed E-state index contributed by atoms with van der Waals surface area (Å²) in [6.45, 7) is 3.23. The maximum Gasteiger partial charge on any atom is 0.0312 e. The molecule has 2 N–H and O–H groups in total. The summed E-state index contributed by atoms with van der Waals surface area (Å²) < 4.78 is 0. The van der Waals surface area contributed by atoms with E-state index >= 15 is 0 Å². The SMILES string of the molecule is c1cncc(CNC2CCNCC2)c1. The molecular weight excluding hydrogens is 174 g/mol. The van der Waals surface area contributed by atoms with Gasteiger partial charge < -0.3 is 10.6 Å². The van der Waals surface area contributed by atoms with Crippen LogP contribution in [0.4, 0.5) is 0 Å². The molecule has 3 heteroatoms. The summed E-state index contributed by atoms with van der Waals surface area (Å²) >= 11 is 0. The van der Waals surface area contributed by atoms with Crippen LogP contribution in [0.1, 0.15) is 18.4 Å². The third kappa shape index (κ3) is 2.79. The molecular formula is C11H17N3. The van der Waals surface area contributed by atoms with Crippen LogP contribution in [-0.2, 0) is 6.54 Å². The molecule has 76 valence electrons. The van der Waals surface area contributed by atoms with Crippen molar-refractivity contribution in [3.05, 3.63) is 30.1 Å². The van der Waals surface area contributed by atoms with Crippen LogP contribution >= 0.6 is 0 Å². The highest BCUT2D eigenvalue weighted by molar-refractivity contribution is 5.08. The number of rotatable bonds is 3. The molecule has 0 aromatic carbocycles. The third-order valence-electron chi connectivity index (χ3n) is 2.66. The normalized spacial score (nSPS) is 18.3. The fourth-order valence-corrected chi connectivity index (χ4v) is 1.79. The zero-order chi connectivity index (χ0) is 9.64. The first-order valence-corrected chi connectivity index (χ1v) is 5.28. The lowest BCUT2D eigenvalue weighted by atomic mass is 10.1. The molecule has 0 unspecified atom stereocenters. The van der Waals surface area contributed by atoms with E-state index in [9.17, 15) is 0 Å². The third-order valence-corrected chi connectivity index (χ3v) is 2.66. The summed E-state index contributed by atoms with van der Waals surface area (Å²) in [6, 6.07) is 4.78. The lowest BCUT2D eigenvalue weighted by Gasteiger charge is -2.23. The average Bonchev–Trinajstić information content (AvgIpc) is 2.29. The summed E-state index contributed by atoms with van der Waals surface area (Å²) in [5.41, 5.74) is 1.27. The van der Waals surface area contributed by atoms with Gasteiger partial charge in [-0.3, -0.25) is 4.98 Å². The van der Waals surface area contributed by atoms with Crippen molar-refractivity contribution in [3.8, 4) is 0 Å². The molecule has 0 bridgehead atoms. The fraction of sp³-hybridized carbons (Fsp3) is 0.545. The molecule has 3 nitrogen and oxygen atoms in total. The summed E-state index contributed by atoms with van der Waals surface area (Å²) in [6.07, 6.45) is 6.21. The van der Waals surface area contributed by atoms with E-state index in [4.69, 9.17) is 0 Å². The highest BCUT2D eigenvalue weighted by atomic mass is 15.0. The van der Waals surface area contributed by atoms with Crippen molar-refractivity contribution < 1.29 is 0 Å².